The fourth-order valence-corrected chi connectivity index (χ4v) is 4.83. The quantitative estimate of drug-likeness (QED) is 0.234. The van der Waals surface area contributed by atoms with Crippen LogP contribution in [0.2, 0.25) is 0 Å². The molecule has 3 aromatic carbocycles. The van der Waals surface area contributed by atoms with E-state index in [2.05, 4.69) is 20.8 Å². The van der Waals surface area contributed by atoms with Crippen LogP contribution in [0.1, 0.15) is 24.2 Å². The Labute approximate surface area is 234 Å². The highest BCUT2D eigenvalue weighted by atomic mass is 32.1. The van der Waals surface area contributed by atoms with E-state index < -0.39 is 11.4 Å². The van der Waals surface area contributed by atoms with Gasteiger partial charge in [0.05, 0.1) is 23.3 Å². The lowest BCUT2D eigenvalue weighted by molar-refractivity contribution is -0.131. The molecular formula is C27H25N7O3S2. The summed E-state index contributed by atoms with van der Waals surface area (Å²) in [4.78, 5) is 39.2. The van der Waals surface area contributed by atoms with Gasteiger partial charge in [0.2, 0.25) is 0 Å². The van der Waals surface area contributed by atoms with Crippen molar-refractivity contribution in [3.05, 3.63) is 94.0 Å². The maximum absolute atomic E-state index is 13.1. The van der Waals surface area contributed by atoms with Crippen LogP contribution in [0.4, 0.5) is 21.9 Å². The molecule has 198 valence electrons. The van der Waals surface area contributed by atoms with E-state index in [1.165, 1.54) is 0 Å². The lowest BCUT2D eigenvalue weighted by Gasteiger charge is -2.28. The number of anilines is 3. The monoisotopic (exact) mass is 559 g/mol. The van der Waals surface area contributed by atoms with E-state index in [1.807, 2.05) is 12.1 Å². The third-order valence-corrected chi connectivity index (χ3v) is 6.82. The van der Waals surface area contributed by atoms with Gasteiger partial charge in [-0.1, -0.05) is 24.3 Å². The topological polar surface area (TPSA) is 118 Å². The van der Waals surface area contributed by atoms with E-state index in [4.69, 9.17) is 24.4 Å². The van der Waals surface area contributed by atoms with Crippen LogP contribution in [0.5, 0.6) is 0 Å². The molecule has 10 nitrogen and oxygen atoms in total. The van der Waals surface area contributed by atoms with Gasteiger partial charge in [-0.3, -0.25) is 29.4 Å². The lowest BCUT2D eigenvalue weighted by Crippen LogP contribution is -2.46. The first-order chi connectivity index (χ1) is 18.6. The first-order valence-corrected chi connectivity index (χ1v) is 12.9. The average molecular weight is 560 g/mol. The van der Waals surface area contributed by atoms with Crippen molar-refractivity contribution in [3.8, 4) is 5.69 Å². The first-order valence-electron chi connectivity index (χ1n) is 12.0. The van der Waals surface area contributed by atoms with Crippen LogP contribution in [0, 0.1) is 15.0 Å². The molecule has 4 N–H and O–H groups in total. The number of hydrogen-bond donors (Lipinski definition) is 4. The Morgan fingerprint density at radius 1 is 0.821 bits per heavy atom. The minimum absolute atomic E-state index is 0.302. The first kappa shape index (κ1) is 26.1. The van der Waals surface area contributed by atoms with E-state index in [9.17, 15) is 14.4 Å². The molecule has 4 amide bonds. The second-order valence-corrected chi connectivity index (χ2v) is 10.4. The van der Waals surface area contributed by atoms with E-state index in [0.29, 0.717) is 44.4 Å². The predicted octanol–water partition coefficient (Wildman–Crippen LogP) is 5.67. The molecule has 1 aliphatic heterocycles. The van der Waals surface area contributed by atoms with Crippen molar-refractivity contribution in [1.29, 1.82) is 0 Å². The number of imide groups is 1. The molecule has 0 radical (unpaired) electrons. The molecule has 1 aromatic heterocycles. The van der Waals surface area contributed by atoms with Gasteiger partial charge in [-0.15, -0.1) is 0 Å². The van der Waals surface area contributed by atoms with Gasteiger partial charge in [-0.2, -0.15) is 5.01 Å². The summed E-state index contributed by atoms with van der Waals surface area (Å²) < 4.78 is 2.47. The number of H-pyrrole nitrogens is 2. The van der Waals surface area contributed by atoms with Crippen LogP contribution in [-0.2, 0) is 4.79 Å². The molecule has 1 fully saturated rings. The van der Waals surface area contributed by atoms with E-state index in [1.54, 1.807) is 90.2 Å². The molecule has 5 rings (SSSR count). The lowest BCUT2D eigenvalue weighted by atomic mass is 9.94. The van der Waals surface area contributed by atoms with Gasteiger partial charge in [0, 0.05) is 16.9 Å². The molecule has 1 saturated heterocycles. The van der Waals surface area contributed by atoms with Gasteiger partial charge in [0.25, 0.3) is 11.8 Å². The third kappa shape index (κ3) is 5.24. The smallest absolute Gasteiger partial charge is 0.322 e. The van der Waals surface area contributed by atoms with Gasteiger partial charge in [0.1, 0.15) is 0 Å². The molecule has 0 aliphatic carbocycles. The maximum atomic E-state index is 13.1. The summed E-state index contributed by atoms with van der Waals surface area (Å²) in [6.45, 7) is 3.89. The fourth-order valence-electron chi connectivity index (χ4n) is 4.27. The third-order valence-electron chi connectivity index (χ3n) is 6.25. The van der Waals surface area contributed by atoms with Crippen molar-refractivity contribution < 1.29 is 14.4 Å². The average Bonchev–Trinajstić information content (AvgIpc) is 3.38. The molecule has 12 heteroatoms. The highest BCUT2D eigenvalue weighted by Crippen LogP contribution is 2.34. The van der Waals surface area contributed by atoms with Gasteiger partial charge in [-0.25, -0.2) is 4.79 Å². The number of carbonyl (C=O) groups excluding carboxylic acids is 3. The van der Waals surface area contributed by atoms with E-state index >= 15 is 0 Å². The summed E-state index contributed by atoms with van der Waals surface area (Å²) >= 11 is 10.5. The maximum Gasteiger partial charge on any atom is 0.348 e. The van der Waals surface area contributed by atoms with Gasteiger partial charge in [-0.05, 0) is 92.9 Å². The molecular weight excluding hydrogens is 534 g/mol. The van der Waals surface area contributed by atoms with Crippen LogP contribution in [0.3, 0.4) is 0 Å². The number of hydrogen-bond acceptors (Lipinski definition) is 6. The Morgan fingerprint density at radius 2 is 1.46 bits per heavy atom. The van der Waals surface area contributed by atoms with Gasteiger partial charge >= 0.3 is 6.03 Å². The SMILES string of the molecule is CC1(C)CN(c2ccc(C(=O)Nc3cccc(-n4c(=S)[nH][nH]c4=S)c3)cc2)N(C(=O)Nc2ccccc2)C1=O. The number of rotatable bonds is 5. The van der Waals surface area contributed by atoms with E-state index in [0.717, 1.165) is 5.01 Å². The van der Waals surface area contributed by atoms with Gasteiger partial charge < -0.3 is 10.6 Å². The summed E-state index contributed by atoms with van der Waals surface area (Å²) in [6.07, 6.45) is 0. The molecule has 1 aliphatic rings. The van der Waals surface area contributed by atoms with Crippen LogP contribution in [0.15, 0.2) is 78.9 Å². The Balaban J connectivity index is 1.34. The van der Waals surface area contributed by atoms with Crippen molar-refractivity contribution in [2.24, 2.45) is 5.41 Å². The Bertz CT molecular complexity index is 1650. The number of aromatic amines is 2. The largest absolute Gasteiger partial charge is 0.348 e. The highest BCUT2D eigenvalue weighted by molar-refractivity contribution is 7.72. The van der Waals surface area contributed by atoms with Crippen molar-refractivity contribution in [3.63, 3.8) is 0 Å². The van der Waals surface area contributed by atoms with Crippen molar-refractivity contribution >= 4 is 59.3 Å². The Hall–Kier alpha value is -4.55. The molecule has 2 heterocycles. The number of urea groups is 1. The predicted molar refractivity (Wildman–Crippen MR) is 154 cm³/mol. The van der Waals surface area contributed by atoms with Crippen molar-refractivity contribution in [2.75, 3.05) is 22.2 Å². The molecule has 4 aromatic rings. The fraction of sp³-hybridized carbons (Fsp3) is 0.148. The van der Waals surface area contributed by atoms with Gasteiger partial charge in [0.15, 0.2) is 9.54 Å². The molecule has 0 unspecified atom stereocenters. The zero-order valence-corrected chi connectivity index (χ0v) is 22.7. The number of para-hydroxylation sites is 1. The number of benzene rings is 3. The minimum Gasteiger partial charge on any atom is -0.322 e. The van der Waals surface area contributed by atoms with Crippen molar-refractivity contribution in [2.45, 2.75) is 13.8 Å². The number of aromatic nitrogens is 3. The van der Waals surface area contributed by atoms with Crippen molar-refractivity contribution in [1.82, 2.24) is 19.8 Å². The van der Waals surface area contributed by atoms with E-state index in [-0.39, 0.29) is 11.8 Å². The Kier molecular flexibility index (Phi) is 6.89. The van der Waals surface area contributed by atoms with Crippen LogP contribution in [0.25, 0.3) is 5.69 Å². The second kappa shape index (κ2) is 10.3. The number of nitrogens with zero attached hydrogens (tertiary/aromatic N) is 3. The molecule has 39 heavy (non-hydrogen) atoms. The van der Waals surface area contributed by atoms with Crippen LogP contribution < -0.4 is 15.6 Å². The zero-order valence-electron chi connectivity index (χ0n) is 21.1. The standard InChI is InChI=1S/C27H25N7O3S2/c1-27(2)16-32(34(23(27)36)24(37)29-18-7-4-3-5-8-18)20-13-11-17(12-14-20)22(35)28-19-9-6-10-21(15-19)33-25(38)30-31-26(33)39/h3-15H,16H2,1-2H3,(H,28,35)(H,29,37)(H,30,38)(H,31,39). The molecule has 0 atom stereocenters. The normalized spacial score (nSPS) is 14.4. The minimum atomic E-state index is -0.778. The summed E-state index contributed by atoms with van der Waals surface area (Å²) in [5, 5.41) is 14.0. The summed E-state index contributed by atoms with van der Waals surface area (Å²) in [5.41, 5.74) is 2.08. The van der Waals surface area contributed by atoms with Crippen LogP contribution >= 0.6 is 24.4 Å². The number of carbonyl (C=O) groups is 3. The molecule has 0 spiro atoms. The summed E-state index contributed by atoms with van der Waals surface area (Å²) in [6, 6.07) is 22.2. The Morgan fingerprint density at radius 3 is 2.13 bits per heavy atom. The van der Waals surface area contributed by atoms with Crippen LogP contribution in [-0.4, -0.2) is 44.2 Å². The summed E-state index contributed by atoms with van der Waals surface area (Å²) in [7, 11) is 0. The highest BCUT2D eigenvalue weighted by Gasteiger charge is 2.47. The second-order valence-electron chi connectivity index (χ2n) is 9.60. The molecule has 0 bridgehead atoms. The zero-order chi connectivity index (χ0) is 27.7. The molecule has 0 saturated carbocycles. The summed E-state index contributed by atoms with van der Waals surface area (Å²) in [5.74, 6) is -0.641. The number of hydrazine groups is 1. The number of nitrogens with one attached hydrogen (secondary N) is 4. The number of amides is 4.